The molecule has 1 aromatic rings. The van der Waals surface area contributed by atoms with Gasteiger partial charge in [0.2, 0.25) is 5.91 Å². The van der Waals surface area contributed by atoms with Gasteiger partial charge in [-0.2, -0.15) is 5.10 Å². The van der Waals surface area contributed by atoms with E-state index in [4.69, 9.17) is 4.74 Å². The van der Waals surface area contributed by atoms with Crippen LogP contribution in [0, 0.1) is 5.92 Å². The Kier molecular flexibility index (Phi) is 7.44. The summed E-state index contributed by atoms with van der Waals surface area (Å²) < 4.78 is 7.10. The summed E-state index contributed by atoms with van der Waals surface area (Å²) in [5, 5.41) is 10.3. The van der Waals surface area contributed by atoms with Crippen molar-refractivity contribution in [2.45, 2.75) is 51.1 Å². The van der Waals surface area contributed by atoms with E-state index in [1.165, 1.54) is 0 Å². The minimum Gasteiger partial charge on any atom is -0.381 e. The first-order valence-electron chi connectivity index (χ1n) is 10.5. The molecular weight excluding hydrogens is 358 g/mol. The number of rotatable bonds is 6. The zero-order valence-electron chi connectivity index (χ0n) is 17.0. The predicted molar refractivity (Wildman–Crippen MR) is 106 cm³/mol. The molecule has 2 atom stereocenters. The Morgan fingerprint density at radius 2 is 2.00 bits per heavy atom. The van der Waals surface area contributed by atoms with Gasteiger partial charge in [0.25, 0.3) is 5.91 Å². The molecule has 2 aliphatic rings. The van der Waals surface area contributed by atoms with Gasteiger partial charge >= 0.3 is 0 Å². The van der Waals surface area contributed by atoms with Crippen molar-refractivity contribution < 1.29 is 14.3 Å². The monoisotopic (exact) mass is 391 g/mol. The van der Waals surface area contributed by atoms with E-state index in [9.17, 15) is 9.59 Å². The highest BCUT2D eigenvalue weighted by molar-refractivity contribution is 5.92. The summed E-state index contributed by atoms with van der Waals surface area (Å²) in [5.74, 6) is -0.00340. The van der Waals surface area contributed by atoms with Crippen LogP contribution in [0.3, 0.4) is 0 Å². The molecule has 28 heavy (non-hydrogen) atoms. The minimum absolute atomic E-state index is 0.0224. The quantitative estimate of drug-likeness (QED) is 0.753. The van der Waals surface area contributed by atoms with Crippen LogP contribution >= 0.6 is 0 Å². The number of nitrogens with one attached hydrogen (secondary N) is 2. The average molecular weight is 392 g/mol. The summed E-state index contributed by atoms with van der Waals surface area (Å²) in [7, 11) is 1.77. The first-order valence-corrected chi connectivity index (χ1v) is 10.5. The average Bonchev–Trinajstić information content (AvgIpc) is 3.03. The van der Waals surface area contributed by atoms with Gasteiger partial charge in [0, 0.05) is 58.2 Å². The molecule has 2 N–H and O–H groups in total. The number of carbonyl (C=O) groups is 2. The van der Waals surface area contributed by atoms with E-state index in [0.717, 1.165) is 58.4 Å². The Morgan fingerprint density at radius 3 is 2.68 bits per heavy atom. The van der Waals surface area contributed by atoms with Gasteiger partial charge in [-0.15, -0.1) is 0 Å². The molecule has 2 amide bonds. The first-order chi connectivity index (χ1) is 13.6. The highest BCUT2D eigenvalue weighted by atomic mass is 16.5. The molecule has 156 valence electrons. The molecule has 0 bridgehead atoms. The number of carbonyl (C=O) groups excluding carboxylic acids is 2. The molecule has 2 fully saturated rings. The number of aromatic nitrogens is 2. The summed E-state index contributed by atoms with van der Waals surface area (Å²) in [5.41, 5.74) is 0.555. The molecule has 0 spiro atoms. The molecule has 1 aromatic heterocycles. The van der Waals surface area contributed by atoms with Gasteiger partial charge in [-0.1, -0.05) is 6.92 Å². The van der Waals surface area contributed by atoms with E-state index in [0.29, 0.717) is 18.3 Å². The van der Waals surface area contributed by atoms with Crippen molar-refractivity contribution in [3.63, 3.8) is 0 Å². The van der Waals surface area contributed by atoms with Crippen molar-refractivity contribution in [1.82, 2.24) is 25.3 Å². The van der Waals surface area contributed by atoms with Crippen LogP contribution in [0.5, 0.6) is 0 Å². The van der Waals surface area contributed by atoms with Gasteiger partial charge in [-0.05, 0) is 38.2 Å². The van der Waals surface area contributed by atoms with Crippen molar-refractivity contribution in [2.75, 3.05) is 32.8 Å². The summed E-state index contributed by atoms with van der Waals surface area (Å²) in [4.78, 5) is 27.7. The van der Waals surface area contributed by atoms with Crippen molar-refractivity contribution >= 4 is 11.8 Å². The summed E-state index contributed by atoms with van der Waals surface area (Å²) >= 11 is 0. The topological polar surface area (TPSA) is 88.5 Å². The molecule has 0 aromatic carbocycles. The molecular formula is C20H33N5O3. The fourth-order valence-corrected chi connectivity index (χ4v) is 4.15. The highest BCUT2D eigenvalue weighted by Crippen LogP contribution is 2.23. The number of amides is 2. The lowest BCUT2D eigenvalue weighted by atomic mass is 10.00. The number of nitrogens with zero attached hydrogens (tertiary/aromatic N) is 3. The minimum atomic E-state index is -0.106. The highest BCUT2D eigenvalue weighted by Gasteiger charge is 2.33. The maximum atomic E-state index is 12.7. The summed E-state index contributed by atoms with van der Waals surface area (Å²) in [6, 6.07) is 2.15. The molecule has 0 aliphatic carbocycles. The molecule has 0 saturated carbocycles. The van der Waals surface area contributed by atoms with Crippen LogP contribution in [0.4, 0.5) is 0 Å². The second-order valence-corrected chi connectivity index (χ2v) is 7.87. The van der Waals surface area contributed by atoms with Gasteiger partial charge in [0.1, 0.15) is 5.69 Å². The lowest BCUT2D eigenvalue weighted by Gasteiger charge is -2.36. The third-order valence-electron chi connectivity index (χ3n) is 5.79. The van der Waals surface area contributed by atoms with Crippen LogP contribution in [0.2, 0.25) is 0 Å². The van der Waals surface area contributed by atoms with E-state index in [1.807, 2.05) is 0 Å². The van der Waals surface area contributed by atoms with Crippen molar-refractivity contribution in [3.05, 3.63) is 18.0 Å². The van der Waals surface area contributed by atoms with Crippen LogP contribution in [0.15, 0.2) is 12.3 Å². The lowest BCUT2D eigenvalue weighted by Crippen LogP contribution is -2.49. The van der Waals surface area contributed by atoms with E-state index >= 15 is 0 Å². The number of hydrogen-bond acceptors (Lipinski definition) is 5. The van der Waals surface area contributed by atoms with Crippen molar-refractivity contribution in [1.29, 1.82) is 0 Å². The van der Waals surface area contributed by atoms with Gasteiger partial charge in [-0.25, -0.2) is 0 Å². The van der Waals surface area contributed by atoms with E-state index in [2.05, 4.69) is 27.6 Å². The Labute approximate surface area is 167 Å². The second-order valence-electron chi connectivity index (χ2n) is 7.87. The molecule has 3 heterocycles. The number of ether oxygens (including phenoxy) is 1. The van der Waals surface area contributed by atoms with Gasteiger partial charge in [0.15, 0.2) is 0 Å². The number of hydrogen-bond donors (Lipinski definition) is 2. The summed E-state index contributed by atoms with van der Waals surface area (Å²) in [6.07, 6.45) is 6.10. The van der Waals surface area contributed by atoms with E-state index in [1.54, 1.807) is 24.0 Å². The molecule has 0 unspecified atom stereocenters. The molecule has 3 rings (SSSR count). The van der Waals surface area contributed by atoms with Crippen LogP contribution < -0.4 is 10.6 Å². The lowest BCUT2D eigenvalue weighted by molar-refractivity contribution is -0.125. The van der Waals surface area contributed by atoms with Gasteiger partial charge < -0.3 is 15.4 Å². The standard InChI is InChI=1S/C20H33N5O3/c1-3-9-21-19(26)15-4-5-16(23-20(27)18-6-10-22-24(18)2)14-25(13-15)17-7-11-28-12-8-17/h6,10,15-17H,3-5,7-9,11-14H2,1-2H3,(H,21,26)(H,23,27)/t15-,16+/m1/s1. The smallest absolute Gasteiger partial charge is 0.269 e. The molecule has 2 aliphatic heterocycles. The Bertz CT molecular complexity index is 656. The van der Waals surface area contributed by atoms with Crippen LogP contribution in [-0.4, -0.2) is 71.4 Å². The third-order valence-corrected chi connectivity index (χ3v) is 5.79. The normalized spacial score (nSPS) is 24.5. The first kappa shape index (κ1) is 20.8. The third kappa shape index (κ3) is 5.32. The van der Waals surface area contributed by atoms with Crippen LogP contribution in [0.25, 0.3) is 0 Å². The maximum absolute atomic E-state index is 12.7. The second kappa shape index (κ2) is 10.0. The molecule has 2 saturated heterocycles. The molecule has 8 heteroatoms. The van der Waals surface area contributed by atoms with Gasteiger partial charge in [-0.3, -0.25) is 19.2 Å². The van der Waals surface area contributed by atoms with E-state index in [-0.39, 0.29) is 23.8 Å². The Balaban J connectivity index is 1.68. The number of likely N-dealkylation sites (tertiary alicyclic amines) is 1. The number of aryl methyl sites for hydroxylation is 1. The molecule has 0 radical (unpaired) electrons. The van der Waals surface area contributed by atoms with Gasteiger partial charge in [0.05, 0.1) is 5.92 Å². The van der Waals surface area contributed by atoms with Crippen molar-refractivity contribution in [2.24, 2.45) is 13.0 Å². The Morgan fingerprint density at radius 1 is 1.21 bits per heavy atom. The van der Waals surface area contributed by atoms with Crippen LogP contribution in [0.1, 0.15) is 49.5 Å². The van der Waals surface area contributed by atoms with E-state index < -0.39 is 0 Å². The predicted octanol–water partition coefficient (Wildman–Crippen LogP) is 0.936. The maximum Gasteiger partial charge on any atom is 0.269 e. The fraction of sp³-hybridized carbons (Fsp3) is 0.750. The SMILES string of the molecule is CCCNC(=O)[C@@H]1CC[C@H](NC(=O)c2ccnn2C)CN(C2CCOCC2)C1. The van der Waals surface area contributed by atoms with Crippen LogP contribution in [-0.2, 0) is 16.6 Å². The molecule has 8 nitrogen and oxygen atoms in total. The zero-order chi connectivity index (χ0) is 19.9. The fourth-order valence-electron chi connectivity index (χ4n) is 4.15. The zero-order valence-corrected chi connectivity index (χ0v) is 17.0. The largest absolute Gasteiger partial charge is 0.381 e. The summed E-state index contributed by atoms with van der Waals surface area (Å²) in [6.45, 7) is 5.82. The van der Waals surface area contributed by atoms with Crippen molar-refractivity contribution in [3.8, 4) is 0 Å². The Hall–Kier alpha value is -1.93.